The molecule has 0 radical (unpaired) electrons. The Morgan fingerprint density at radius 3 is 2.28 bits per heavy atom. The Morgan fingerprint density at radius 1 is 1.28 bits per heavy atom. The number of likely N-dealkylation sites (tertiary alicyclic amines) is 1. The highest BCUT2D eigenvalue weighted by Crippen LogP contribution is 2.11. The van der Waals surface area contributed by atoms with Crippen LogP contribution in [0.15, 0.2) is 0 Å². The Balaban J connectivity index is 2.41. The van der Waals surface area contributed by atoms with E-state index in [1.54, 1.807) is 0 Å². The van der Waals surface area contributed by atoms with Crippen molar-refractivity contribution >= 4 is 10.2 Å². The van der Waals surface area contributed by atoms with Gasteiger partial charge in [0.1, 0.15) is 0 Å². The van der Waals surface area contributed by atoms with Crippen LogP contribution in [-0.4, -0.2) is 51.1 Å². The second-order valence-electron chi connectivity index (χ2n) is 5.88. The number of nitrogens with one attached hydrogen (secondary N) is 2. The standard InChI is InChI=1S/C11H26N4O2S/c1-11(2,3)14-18(16,17)13-10-4-7-15(8-5-10)9-6-12/h10,13-14H,4-9,12H2,1-3H3. The predicted octanol–water partition coefficient (Wildman–Crippen LogP) is -0.368. The molecule has 1 heterocycles. The van der Waals surface area contributed by atoms with Gasteiger partial charge in [0, 0.05) is 24.7 Å². The van der Waals surface area contributed by atoms with Gasteiger partial charge < -0.3 is 10.6 Å². The summed E-state index contributed by atoms with van der Waals surface area (Å²) >= 11 is 0. The Hall–Kier alpha value is -0.210. The molecule has 1 aliphatic heterocycles. The van der Waals surface area contributed by atoms with Gasteiger partial charge in [-0.05, 0) is 46.7 Å². The maximum Gasteiger partial charge on any atom is 0.277 e. The summed E-state index contributed by atoms with van der Waals surface area (Å²) in [6.07, 6.45) is 1.68. The summed E-state index contributed by atoms with van der Waals surface area (Å²) in [6, 6.07) is 0.0267. The number of nitrogens with zero attached hydrogens (tertiary/aromatic N) is 1. The van der Waals surface area contributed by atoms with Gasteiger partial charge in [0.05, 0.1) is 0 Å². The first-order valence-corrected chi connectivity index (χ1v) is 7.94. The zero-order valence-corrected chi connectivity index (χ0v) is 12.4. The highest BCUT2D eigenvalue weighted by Gasteiger charge is 2.25. The highest BCUT2D eigenvalue weighted by atomic mass is 32.2. The van der Waals surface area contributed by atoms with Crippen molar-refractivity contribution < 1.29 is 8.42 Å². The van der Waals surface area contributed by atoms with Crippen LogP contribution in [0.25, 0.3) is 0 Å². The fourth-order valence-corrected chi connectivity index (χ4v) is 3.65. The van der Waals surface area contributed by atoms with E-state index in [-0.39, 0.29) is 6.04 Å². The highest BCUT2D eigenvalue weighted by molar-refractivity contribution is 7.87. The second kappa shape index (κ2) is 6.29. The molecular weight excluding hydrogens is 252 g/mol. The molecule has 0 spiro atoms. The lowest BCUT2D eigenvalue weighted by Gasteiger charge is -2.32. The van der Waals surface area contributed by atoms with Crippen LogP contribution in [0, 0.1) is 0 Å². The molecule has 4 N–H and O–H groups in total. The van der Waals surface area contributed by atoms with Crippen molar-refractivity contribution in [3.63, 3.8) is 0 Å². The Labute approximate surface area is 110 Å². The van der Waals surface area contributed by atoms with E-state index in [9.17, 15) is 8.42 Å². The van der Waals surface area contributed by atoms with Crippen LogP contribution in [0.1, 0.15) is 33.6 Å². The Kier molecular flexibility index (Phi) is 5.54. The summed E-state index contributed by atoms with van der Waals surface area (Å²) in [4.78, 5) is 2.27. The SMILES string of the molecule is CC(C)(C)NS(=O)(=O)NC1CCN(CCN)CC1. The monoisotopic (exact) mass is 278 g/mol. The van der Waals surface area contributed by atoms with Crippen molar-refractivity contribution in [2.45, 2.75) is 45.2 Å². The maximum atomic E-state index is 11.9. The van der Waals surface area contributed by atoms with Crippen LogP contribution in [0.5, 0.6) is 0 Å². The van der Waals surface area contributed by atoms with Gasteiger partial charge in [-0.3, -0.25) is 0 Å². The minimum absolute atomic E-state index is 0.0267. The lowest BCUT2D eigenvalue weighted by Crippen LogP contribution is -2.52. The van der Waals surface area contributed by atoms with E-state index >= 15 is 0 Å². The van der Waals surface area contributed by atoms with Gasteiger partial charge in [-0.25, -0.2) is 0 Å². The van der Waals surface area contributed by atoms with Crippen molar-refractivity contribution in [2.75, 3.05) is 26.2 Å². The Morgan fingerprint density at radius 2 is 1.83 bits per heavy atom. The van der Waals surface area contributed by atoms with Gasteiger partial charge in [0.2, 0.25) is 0 Å². The predicted molar refractivity (Wildman–Crippen MR) is 73.5 cm³/mol. The van der Waals surface area contributed by atoms with Crippen LogP contribution in [-0.2, 0) is 10.2 Å². The van der Waals surface area contributed by atoms with E-state index in [1.807, 2.05) is 20.8 Å². The molecule has 1 rings (SSSR count). The minimum Gasteiger partial charge on any atom is -0.329 e. The summed E-state index contributed by atoms with van der Waals surface area (Å²) in [5, 5.41) is 0. The molecule has 0 amide bonds. The molecule has 0 saturated carbocycles. The largest absolute Gasteiger partial charge is 0.329 e. The molecule has 1 aliphatic rings. The van der Waals surface area contributed by atoms with E-state index in [1.165, 1.54) is 0 Å². The first-order valence-electron chi connectivity index (χ1n) is 6.45. The third kappa shape index (κ3) is 6.10. The lowest BCUT2D eigenvalue weighted by atomic mass is 10.1. The molecule has 7 heteroatoms. The summed E-state index contributed by atoms with van der Waals surface area (Å²) < 4.78 is 29.1. The summed E-state index contributed by atoms with van der Waals surface area (Å²) in [5.74, 6) is 0. The third-order valence-electron chi connectivity index (χ3n) is 2.80. The molecular formula is C11H26N4O2S. The molecule has 18 heavy (non-hydrogen) atoms. The average Bonchev–Trinajstić information content (AvgIpc) is 2.17. The number of nitrogens with two attached hydrogens (primary N) is 1. The van der Waals surface area contributed by atoms with Crippen LogP contribution >= 0.6 is 0 Å². The third-order valence-corrected chi connectivity index (χ3v) is 4.32. The smallest absolute Gasteiger partial charge is 0.277 e. The van der Waals surface area contributed by atoms with Gasteiger partial charge in [0.15, 0.2) is 0 Å². The fourth-order valence-electron chi connectivity index (χ4n) is 2.11. The maximum absolute atomic E-state index is 11.9. The normalized spacial score (nSPS) is 20.2. The van der Waals surface area contributed by atoms with Crippen molar-refractivity contribution in [1.82, 2.24) is 14.3 Å². The molecule has 0 aliphatic carbocycles. The summed E-state index contributed by atoms with van der Waals surface area (Å²) in [7, 11) is -3.41. The van der Waals surface area contributed by atoms with Crippen molar-refractivity contribution in [3.8, 4) is 0 Å². The molecule has 0 unspecified atom stereocenters. The molecule has 0 aromatic heterocycles. The molecule has 6 nitrogen and oxygen atoms in total. The molecule has 0 bridgehead atoms. The molecule has 0 aromatic rings. The van der Waals surface area contributed by atoms with Crippen molar-refractivity contribution in [3.05, 3.63) is 0 Å². The minimum atomic E-state index is -3.41. The Bertz CT molecular complexity index is 343. The van der Waals surface area contributed by atoms with E-state index in [2.05, 4.69) is 14.3 Å². The summed E-state index contributed by atoms with van der Waals surface area (Å²) in [5.41, 5.74) is 5.05. The number of piperidine rings is 1. The van der Waals surface area contributed by atoms with Crippen molar-refractivity contribution in [2.24, 2.45) is 5.73 Å². The van der Waals surface area contributed by atoms with E-state index < -0.39 is 15.7 Å². The van der Waals surface area contributed by atoms with Gasteiger partial charge >= 0.3 is 0 Å². The van der Waals surface area contributed by atoms with E-state index in [4.69, 9.17) is 5.73 Å². The first-order chi connectivity index (χ1) is 8.22. The van der Waals surface area contributed by atoms with Gasteiger partial charge in [-0.2, -0.15) is 17.9 Å². The number of hydrogen-bond donors (Lipinski definition) is 3. The van der Waals surface area contributed by atoms with Crippen molar-refractivity contribution in [1.29, 1.82) is 0 Å². The van der Waals surface area contributed by atoms with Gasteiger partial charge in [-0.1, -0.05) is 0 Å². The average molecular weight is 278 g/mol. The number of rotatable bonds is 5. The van der Waals surface area contributed by atoms with E-state index in [0.29, 0.717) is 6.54 Å². The molecule has 0 atom stereocenters. The summed E-state index contributed by atoms with van der Waals surface area (Å²) in [6.45, 7) is 8.84. The fraction of sp³-hybridized carbons (Fsp3) is 1.00. The molecule has 0 aromatic carbocycles. The zero-order chi connectivity index (χ0) is 13.8. The second-order valence-corrected chi connectivity index (χ2v) is 7.32. The molecule has 1 fully saturated rings. The van der Waals surface area contributed by atoms with Crippen LogP contribution in [0.3, 0.4) is 0 Å². The van der Waals surface area contributed by atoms with Gasteiger partial charge in [0.25, 0.3) is 10.2 Å². The molecule has 1 saturated heterocycles. The van der Waals surface area contributed by atoms with E-state index in [0.717, 1.165) is 32.5 Å². The van der Waals surface area contributed by atoms with Crippen LogP contribution in [0.4, 0.5) is 0 Å². The number of hydrogen-bond acceptors (Lipinski definition) is 4. The van der Waals surface area contributed by atoms with Gasteiger partial charge in [-0.15, -0.1) is 0 Å². The van der Waals surface area contributed by atoms with Crippen LogP contribution in [0.2, 0.25) is 0 Å². The lowest BCUT2D eigenvalue weighted by molar-refractivity contribution is 0.212. The quantitative estimate of drug-likeness (QED) is 0.640. The topological polar surface area (TPSA) is 87.5 Å². The first kappa shape index (κ1) is 15.8. The molecule has 108 valence electrons. The zero-order valence-electron chi connectivity index (χ0n) is 11.6. The van der Waals surface area contributed by atoms with Crippen LogP contribution < -0.4 is 15.2 Å².